The minimum atomic E-state index is -0.723. The summed E-state index contributed by atoms with van der Waals surface area (Å²) in [6.07, 6.45) is 1.34. The molecule has 1 rings (SSSR count). The second kappa shape index (κ2) is 3.05. The third-order valence-electron chi connectivity index (χ3n) is 3.53. The van der Waals surface area contributed by atoms with Gasteiger partial charge in [0.25, 0.3) is 0 Å². The van der Waals surface area contributed by atoms with E-state index in [1.807, 2.05) is 0 Å². The van der Waals surface area contributed by atoms with Crippen LogP contribution in [-0.4, -0.2) is 17.6 Å². The Morgan fingerprint density at radius 2 is 2.08 bits per heavy atom. The Hall–Kier alpha value is -0.570. The van der Waals surface area contributed by atoms with Crippen LogP contribution in [0.2, 0.25) is 0 Å². The number of nitrogens with two attached hydrogens (primary N) is 1. The summed E-state index contributed by atoms with van der Waals surface area (Å²) in [5, 5.41) is 8.73. The van der Waals surface area contributed by atoms with E-state index < -0.39 is 5.97 Å². The largest absolute Gasteiger partial charge is 0.481 e. The Bertz CT molecular complexity index is 183. The fraction of sp³-hybridized carbons (Fsp3) is 0.889. The molecule has 2 unspecified atom stereocenters. The molecular formula is C9H17NO2. The van der Waals surface area contributed by atoms with Crippen LogP contribution < -0.4 is 5.73 Å². The summed E-state index contributed by atoms with van der Waals surface area (Å²) in [6, 6.07) is 0. The lowest BCUT2D eigenvalue weighted by Crippen LogP contribution is -2.52. The zero-order valence-electron chi connectivity index (χ0n) is 7.71. The molecule has 0 spiro atoms. The highest BCUT2D eigenvalue weighted by molar-refractivity contribution is 5.68. The smallest absolute Gasteiger partial charge is 0.303 e. The van der Waals surface area contributed by atoms with E-state index in [0.717, 1.165) is 6.42 Å². The third-order valence-corrected chi connectivity index (χ3v) is 3.53. The van der Waals surface area contributed by atoms with E-state index in [9.17, 15) is 4.79 Å². The third kappa shape index (κ3) is 1.22. The lowest BCUT2D eigenvalue weighted by molar-refractivity contribution is -0.146. The first-order chi connectivity index (χ1) is 5.53. The average Bonchev–Trinajstić information content (AvgIpc) is 2.00. The quantitative estimate of drug-likeness (QED) is 0.668. The summed E-state index contributed by atoms with van der Waals surface area (Å²) >= 11 is 0. The van der Waals surface area contributed by atoms with Crippen LogP contribution in [0.3, 0.4) is 0 Å². The zero-order chi connectivity index (χ0) is 9.35. The molecule has 1 saturated carbocycles. The van der Waals surface area contributed by atoms with Gasteiger partial charge in [0.2, 0.25) is 0 Å². The first kappa shape index (κ1) is 9.52. The Balaban J connectivity index is 2.68. The van der Waals surface area contributed by atoms with Crippen LogP contribution >= 0.6 is 0 Å². The van der Waals surface area contributed by atoms with Crippen LogP contribution in [0.4, 0.5) is 0 Å². The van der Waals surface area contributed by atoms with Crippen molar-refractivity contribution in [2.24, 2.45) is 23.0 Å². The van der Waals surface area contributed by atoms with Crippen molar-refractivity contribution in [2.45, 2.75) is 26.7 Å². The molecule has 1 fully saturated rings. The molecule has 0 radical (unpaired) electrons. The molecule has 0 aliphatic heterocycles. The lowest BCUT2D eigenvalue weighted by atomic mass is 9.52. The van der Waals surface area contributed by atoms with Gasteiger partial charge in [0.05, 0.1) is 6.42 Å². The highest BCUT2D eigenvalue weighted by Gasteiger charge is 2.50. The minimum Gasteiger partial charge on any atom is -0.481 e. The SMILES string of the molecule is CC1C[C@H](C)C1(CN)CC(=O)O. The summed E-state index contributed by atoms with van der Waals surface area (Å²) in [4.78, 5) is 10.6. The van der Waals surface area contributed by atoms with Crippen molar-refractivity contribution in [1.82, 2.24) is 0 Å². The van der Waals surface area contributed by atoms with Gasteiger partial charge in [-0.2, -0.15) is 0 Å². The Morgan fingerprint density at radius 3 is 2.25 bits per heavy atom. The Kier molecular flexibility index (Phi) is 2.42. The first-order valence-electron chi connectivity index (χ1n) is 4.45. The molecular weight excluding hydrogens is 154 g/mol. The average molecular weight is 171 g/mol. The van der Waals surface area contributed by atoms with Crippen LogP contribution in [0, 0.1) is 17.3 Å². The van der Waals surface area contributed by atoms with E-state index in [0.29, 0.717) is 18.4 Å². The maximum atomic E-state index is 10.6. The number of carboxylic acids is 1. The lowest BCUT2D eigenvalue weighted by Gasteiger charge is -2.52. The van der Waals surface area contributed by atoms with Gasteiger partial charge in [0.1, 0.15) is 0 Å². The van der Waals surface area contributed by atoms with Crippen LogP contribution in [0.5, 0.6) is 0 Å². The predicted molar refractivity (Wildman–Crippen MR) is 46.7 cm³/mol. The molecule has 12 heavy (non-hydrogen) atoms. The van der Waals surface area contributed by atoms with E-state index in [1.54, 1.807) is 0 Å². The van der Waals surface area contributed by atoms with Crippen molar-refractivity contribution in [3.63, 3.8) is 0 Å². The summed E-state index contributed by atoms with van der Waals surface area (Å²) in [5.41, 5.74) is 5.52. The molecule has 0 aromatic rings. The van der Waals surface area contributed by atoms with Gasteiger partial charge in [0.15, 0.2) is 0 Å². The van der Waals surface area contributed by atoms with Crippen molar-refractivity contribution in [3.8, 4) is 0 Å². The van der Waals surface area contributed by atoms with Gasteiger partial charge in [-0.15, -0.1) is 0 Å². The molecule has 1 aliphatic carbocycles. The van der Waals surface area contributed by atoms with E-state index in [2.05, 4.69) is 13.8 Å². The molecule has 1 aliphatic rings. The zero-order valence-corrected chi connectivity index (χ0v) is 7.71. The van der Waals surface area contributed by atoms with Crippen LogP contribution in [0.1, 0.15) is 26.7 Å². The van der Waals surface area contributed by atoms with Crippen LogP contribution in [0.25, 0.3) is 0 Å². The molecule has 3 atom stereocenters. The summed E-state index contributed by atoms with van der Waals surface area (Å²) < 4.78 is 0. The number of carbonyl (C=O) groups is 1. The van der Waals surface area contributed by atoms with Crippen LogP contribution in [0.15, 0.2) is 0 Å². The highest BCUT2D eigenvalue weighted by Crippen LogP contribution is 2.52. The van der Waals surface area contributed by atoms with Gasteiger partial charge in [-0.1, -0.05) is 13.8 Å². The van der Waals surface area contributed by atoms with E-state index >= 15 is 0 Å². The summed E-state index contributed by atoms with van der Waals surface area (Å²) in [7, 11) is 0. The second-order valence-corrected chi connectivity index (χ2v) is 4.05. The number of carboxylic acid groups (broad SMARTS) is 1. The minimum absolute atomic E-state index is 0.119. The maximum Gasteiger partial charge on any atom is 0.303 e. The van der Waals surface area contributed by atoms with Gasteiger partial charge in [0, 0.05) is 0 Å². The second-order valence-electron chi connectivity index (χ2n) is 4.05. The molecule has 0 aromatic heterocycles. The molecule has 0 saturated heterocycles. The Morgan fingerprint density at radius 1 is 1.58 bits per heavy atom. The first-order valence-corrected chi connectivity index (χ1v) is 4.45. The van der Waals surface area contributed by atoms with E-state index in [-0.39, 0.29) is 11.8 Å². The number of aliphatic carboxylic acids is 1. The standard InChI is InChI=1S/C9H17NO2/c1-6-3-7(2)9(6,5-10)4-8(11)12/h6-7H,3-5,10H2,1-2H3,(H,11,12)/t6-,7?,9?/m0/s1. The van der Waals surface area contributed by atoms with E-state index in [4.69, 9.17) is 10.8 Å². The van der Waals surface area contributed by atoms with Crippen molar-refractivity contribution in [2.75, 3.05) is 6.54 Å². The van der Waals surface area contributed by atoms with Crippen molar-refractivity contribution in [3.05, 3.63) is 0 Å². The normalized spacial score (nSPS) is 40.6. The molecule has 70 valence electrons. The molecule has 0 amide bonds. The van der Waals surface area contributed by atoms with Gasteiger partial charge in [-0.25, -0.2) is 0 Å². The topological polar surface area (TPSA) is 63.3 Å². The molecule has 0 aromatic carbocycles. The van der Waals surface area contributed by atoms with Gasteiger partial charge in [-0.3, -0.25) is 4.79 Å². The number of hydrogen-bond donors (Lipinski definition) is 2. The summed E-state index contributed by atoms with van der Waals surface area (Å²) in [6.45, 7) is 4.69. The van der Waals surface area contributed by atoms with Gasteiger partial charge >= 0.3 is 5.97 Å². The fourth-order valence-electron chi connectivity index (χ4n) is 2.43. The molecule has 3 N–H and O–H groups in total. The fourth-order valence-corrected chi connectivity index (χ4v) is 2.43. The number of rotatable bonds is 3. The molecule has 0 bridgehead atoms. The number of hydrogen-bond acceptors (Lipinski definition) is 2. The monoisotopic (exact) mass is 171 g/mol. The predicted octanol–water partition coefficient (Wildman–Crippen LogP) is 1.08. The van der Waals surface area contributed by atoms with Crippen molar-refractivity contribution in [1.29, 1.82) is 0 Å². The van der Waals surface area contributed by atoms with Gasteiger partial charge < -0.3 is 10.8 Å². The van der Waals surface area contributed by atoms with Crippen molar-refractivity contribution < 1.29 is 9.90 Å². The van der Waals surface area contributed by atoms with E-state index in [1.165, 1.54) is 0 Å². The maximum absolute atomic E-state index is 10.6. The van der Waals surface area contributed by atoms with Crippen LogP contribution in [-0.2, 0) is 4.79 Å². The Labute approximate surface area is 72.9 Å². The van der Waals surface area contributed by atoms with Crippen molar-refractivity contribution >= 4 is 5.97 Å². The summed E-state index contributed by atoms with van der Waals surface area (Å²) in [5.74, 6) is 0.209. The molecule has 0 heterocycles. The highest BCUT2D eigenvalue weighted by atomic mass is 16.4. The molecule has 3 nitrogen and oxygen atoms in total. The van der Waals surface area contributed by atoms with Gasteiger partial charge in [-0.05, 0) is 30.2 Å². The molecule has 3 heteroatoms.